The second-order valence-corrected chi connectivity index (χ2v) is 3.70. The summed E-state index contributed by atoms with van der Waals surface area (Å²) in [7, 11) is 0. The van der Waals surface area contributed by atoms with Crippen molar-refractivity contribution in [1.29, 1.82) is 0 Å². The van der Waals surface area contributed by atoms with Crippen LogP contribution in [0, 0.1) is 6.92 Å². The molecule has 0 spiro atoms. The Morgan fingerprint density at radius 3 is 2.71 bits per heavy atom. The number of amides is 3. The van der Waals surface area contributed by atoms with E-state index in [9.17, 15) is 9.59 Å². The van der Waals surface area contributed by atoms with Crippen molar-refractivity contribution in [3.63, 3.8) is 0 Å². The minimum absolute atomic E-state index is 0.377. The second-order valence-electron chi connectivity index (χ2n) is 3.70. The van der Waals surface area contributed by atoms with E-state index >= 15 is 0 Å². The van der Waals surface area contributed by atoms with Crippen LogP contribution in [0.1, 0.15) is 25.5 Å². The lowest BCUT2D eigenvalue weighted by atomic mass is 10.3. The highest BCUT2D eigenvalue weighted by molar-refractivity contribution is 5.95. The van der Waals surface area contributed by atoms with Crippen molar-refractivity contribution in [1.82, 2.24) is 20.4 Å². The molecule has 7 heteroatoms. The number of hydrogen-bond acceptors (Lipinski definition) is 4. The standard InChI is InChI=1S/C10H17N5O2/c1-4-12-10(17)13-9(16)7(3)15-5-6(2)8(11)14-15/h5,7H,4H2,1-3H3,(H2,11,14)(H2,12,13,16,17). The summed E-state index contributed by atoms with van der Waals surface area (Å²) in [6, 6.07) is -1.10. The molecule has 0 bridgehead atoms. The average molecular weight is 239 g/mol. The van der Waals surface area contributed by atoms with Crippen LogP contribution in [0.3, 0.4) is 0 Å². The van der Waals surface area contributed by atoms with Gasteiger partial charge in [-0.05, 0) is 20.8 Å². The van der Waals surface area contributed by atoms with Gasteiger partial charge in [-0.1, -0.05) is 0 Å². The number of rotatable bonds is 3. The predicted molar refractivity (Wildman–Crippen MR) is 63.3 cm³/mol. The first-order valence-electron chi connectivity index (χ1n) is 5.35. The average Bonchev–Trinajstić information content (AvgIpc) is 2.58. The number of nitrogens with one attached hydrogen (secondary N) is 2. The minimum Gasteiger partial charge on any atom is -0.382 e. The van der Waals surface area contributed by atoms with Gasteiger partial charge in [0.15, 0.2) is 0 Å². The van der Waals surface area contributed by atoms with Gasteiger partial charge in [0.05, 0.1) is 0 Å². The third-order valence-electron chi connectivity index (χ3n) is 2.30. The molecule has 0 radical (unpaired) electrons. The Morgan fingerprint density at radius 1 is 1.59 bits per heavy atom. The van der Waals surface area contributed by atoms with E-state index in [2.05, 4.69) is 15.7 Å². The maximum atomic E-state index is 11.7. The molecular formula is C10H17N5O2. The summed E-state index contributed by atoms with van der Waals surface area (Å²) in [4.78, 5) is 22.8. The number of hydrogen-bond donors (Lipinski definition) is 3. The fourth-order valence-corrected chi connectivity index (χ4v) is 1.24. The van der Waals surface area contributed by atoms with Crippen molar-refractivity contribution in [3.05, 3.63) is 11.8 Å². The van der Waals surface area contributed by atoms with Gasteiger partial charge < -0.3 is 11.1 Å². The molecule has 0 aromatic carbocycles. The van der Waals surface area contributed by atoms with E-state index in [0.29, 0.717) is 12.4 Å². The van der Waals surface area contributed by atoms with Crippen molar-refractivity contribution in [2.75, 3.05) is 12.3 Å². The topological polar surface area (TPSA) is 102 Å². The summed E-state index contributed by atoms with van der Waals surface area (Å²) < 4.78 is 1.43. The lowest BCUT2D eigenvalue weighted by Gasteiger charge is -2.11. The van der Waals surface area contributed by atoms with Crippen molar-refractivity contribution >= 4 is 17.8 Å². The number of carbonyl (C=O) groups is 2. The first kappa shape index (κ1) is 13.0. The van der Waals surface area contributed by atoms with E-state index < -0.39 is 18.0 Å². The number of carbonyl (C=O) groups excluding carboxylic acids is 2. The summed E-state index contributed by atoms with van der Waals surface area (Å²) in [6.45, 7) is 5.67. The SMILES string of the molecule is CCNC(=O)NC(=O)C(C)n1cc(C)c(N)n1. The van der Waals surface area contributed by atoms with Gasteiger partial charge in [-0.25, -0.2) is 4.79 Å². The van der Waals surface area contributed by atoms with Crippen LogP contribution in [0.25, 0.3) is 0 Å². The molecule has 4 N–H and O–H groups in total. The van der Waals surface area contributed by atoms with Crippen LogP contribution in [-0.2, 0) is 4.79 Å². The van der Waals surface area contributed by atoms with Gasteiger partial charge in [0.1, 0.15) is 11.9 Å². The maximum absolute atomic E-state index is 11.7. The Labute approximate surface area is 99.4 Å². The van der Waals surface area contributed by atoms with E-state index in [1.165, 1.54) is 4.68 Å². The summed E-state index contributed by atoms with van der Waals surface area (Å²) in [5.74, 6) is -0.0545. The first-order valence-corrected chi connectivity index (χ1v) is 5.35. The molecule has 3 amide bonds. The molecule has 0 aliphatic heterocycles. The number of nitrogens with zero attached hydrogens (tertiary/aromatic N) is 2. The van der Waals surface area contributed by atoms with Crippen molar-refractivity contribution < 1.29 is 9.59 Å². The van der Waals surface area contributed by atoms with Crippen molar-refractivity contribution in [2.45, 2.75) is 26.8 Å². The molecular weight excluding hydrogens is 222 g/mol. The number of aryl methyl sites for hydroxylation is 1. The molecule has 1 rings (SSSR count). The molecule has 1 aromatic heterocycles. The van der Waals surface area contributed by atoms with Gasteiger partial charge >= 0.3 is 6.03 Å². The van der Waals surface area contributed by atoms with Crippen LogP contribution in [-0.4, -0.2) is 28.3 Å². The third kappa shape index (κ3) is 3.20. The van der Waals surface area contributed by atoms with Gasteiger partial charge in [-0.15, -0.1) is 0 Å². The number of anilines is 1. The molecule has 94 valence electrons. The molecule has 7 nitrogen and oxygen atoms in total. The number of imide groups is 1. The fourth-order valence-electron chi connectivity index (χ4n) is 1.24. The van der Waals surface area contributed by atoms with Crippen LogP contribution in [0.15, 0.2) is 6.20 Å². The van der Waals surface area contributed by atoms with E-state index in [1.54, 1.807) is 27.0 Å². The van der Waals surface area contributed by atoms with Crippen LogP contribution < -0.4 is 16.4 Å². The summed E-state index contributed by atoms with van der Waals surface area (Å²) in [5, 5.41) is 8.68. The zero-order valence-corrected chi connectivity index (χ0v) is 10.2. The Bertz CT molecular complexity index is 407. The molecule has 0 aliphatic carbocycles. The zero-order chi connectivity index (χ0) is 13.0. The lowest BCUT2D eigenvalue weighted by molar-refractivity contribution is -0.123. The highest BCUT2D eigenvalue weighted by Gasteiger charge is 2.18. The number of nitrogen functional groups attached to an aromatic ring is 1. The largest absolute Gasteiger partial charge is 0.382 e. The van der Waals surface area contributed by atoms with Crippen molar-refractivity contribution in [3.8, 4) is 0 Å². The predicted octanol–water partition coefficient (Wildman–Crippen LogP) is 0.180. The van der Waals surface area contributed by atoms with Gasteiger partial charge in [0, 0.05) is 18.3 Å². The van der Waals surface area contributed by atoms with E-state index in [0.717, 1.165) is 5.56 Å². The van der Waals surface area contributed by atoms with E-state index in [4.69, 9.17) is 5.73 Å². The highest BCUT2D eigenvalue weighted by Crippen LogP contribution is 2.11. The fraction of sp³-hybridized carbons (Fsp3) is 0.500. The van der Waals surface area contributed by atoms with Gasteiger partial charge in [0.25, 0.3) is 5.91 Å². The number of nitrogens with two attached hydrogens (primary N) is 1. The smallest absolute Gasteiger partial charge is 0.321 e. The lowest BCUT2D eigenvalue weighted by Crippen LogP contribution is -2.42. The van der Waals surface area contributed by atoms with Crippen LogP contribution in [0.2, 0.25) is 0 Å². The van der Waals surface area contributed by atoms with Crippen LogP contribution in [0.4, 0.5) is 10.6 Å². The molecule has 17 heavy (non-hydrogen) atoms. The number of urea groups is 1. The summed E-state index contributed by atoms with van der Waals surface area (Å²) in [6.07, 6.45) is 1.66. The Hall–Kier alpha value is -2.05. The molecule has 0 saturated heterocycles. The third-order valence-corrected chi connectivity index (χ3v) is 2.30. The van der Waals surface area contributed by atoms with Gasteiger partial charge in [-0.2, -0.15) is 5.10 Å². The maximum Gasteiger partial charge on any atom is 0.321 e. The zero-order valence-electron chi connectivity index (χ0n) is 10.2. The van der Waals surface area contributed by atoms with Crippen LogP contribution in [0.5, 0.6) is 0 Å². The van der Waals surface area contributed by atoms with E-state index in [-0.39, 0.29) is 0 Å². The molecule has 1 heterocycles. The van der Waals surface area contributed by atoms with Gasteiger partial charge in [0.2, 0.25) is 0 Å². The first-order chi connectivity index (χ1) is 7.95. The molecule has 0 saturated carbocycles. The molecule has 0 aliphatic rings. The highest BCUT2D eigenvalue weighted by atomic mass is 16.2. The summed E-state index contributed by atoms with van der Waals surface area (Å²) in [5.41, 5.74) is 6.38. The monoisotopic (exact) mass is 239 g/mol. The number of aromatic nitrogens is 2. The molecule has 0 fully saturated rings. The molecule has 1 unspecified atom stereocenters. The summed E-state index contributed by atoms with van der Waals surface area (Å²) >= 11 is 0. The Morgan fingerprint density at radius 2 is 2.24 bits per heavy atom. The minimum atomic E-state index is -0.589. The van der Waals surface area contributed by atoms with Gasteiger partial charge in [-0.3, -0.25) is 14.8 Å². The molecule has 1 atom stereocenters. The molecule has 1 aromatic rings. The Balaban J connectivity index is 2.66. The van der Waals surface area contributed by atoms with E-state index in [1.807, 2.05) is 0 Å². The quantitative estimate of drug-likeness (QED) is 0.700. The second kappa shape index (κ2) is 5.33. The Kier molecular flexibility index (Phi) is 4.08. The normalized spacial score (nSPS) is 11.9. The van der Waals surface area contributed by atoms with Crippen molar-refractivity contribution in [2.24, 2.45) is 0 Å². The van der Waals surface area contributed by atoms with Crippen LogP contribution >= 0.6 is 0 Å².